The second-order valence-electron chi connectivity index (χ2n) is 6.11. The lowest BCUT2D eigenvalue weighted by molar-refractivity contribution is -0.123. The fourth-order valence-corrected chi connectivity index (χ4v) is 4.00. The van der Waals surface area contributed by atoms with Crippen molar-refractivity contribution in [3.05, 3.63) is 42.0 Å². The number of benzene rings is 1. The van der Waals surface area contributed by atoms with E-state index in [0.717, 1.165) is 6.42 Å². The number of hydrogen-bond acceptors (Lipinski definition) is 3. The first kappa shape index (κ1) is 12.5. The number of nitrogens with zero attached hydrogens (tertiary/aromatic N) is 1. The highest BCUT2D eigenvalue weighted by atomic mass is 16.2. The summed E-state index contributed by atoms with van der Waals surface area (Å²) < 4.78 is 0. The molecule has 4 heteroatoms. The van der Waals surface area contributed by atoms with Gasteiger partial charge in [0, 0.05) is 5.56 Å². The van der Waals surface area contributed by atoms with E-state index in [0.29, 0.717) is 11.3 Å². The SMILES string of the molecule is CC(=O)c1ccc(N2C(=O)[C@H]3[C@H](C2=O)[C@H]2C=C[C@H]3C2)cc1. The predicted octanol–water partition coefficient (Wildman–Crippen LogP) is 2.20. The molecule has 0 aromatic heterocycles. The molecule has 1 heterocycles. The van der Waals surface area contributed by atoms with Crippen molar-refractivity contribution in [1.29, 1.82) is 0 Å². The van der Waals surface area contributed by atoms with Crippen molar-refractivity contribution in [2.75, 3.05) is 4.90 Å². The number of carbonyl (C=O) groups is 3. The summed E-state index contributed by atoms with van der Waals surface area (Å²) >= 11 is 0. The molecule has 4 rings (SSSR count). The molecule has 0 radical (unpaired) electrons. The van der Waals surface area contributed by atoms with Crippen LogP contribution in [-0.4, -0.2) is 17.6 Å². The first-order chi connectivity index (χ1) is 10.1. The molecule has 21 heavy (non-hydrogen) atoms. The van der Waals surface area contributed by atoms with Gasteiger partial charge in [-0.05, 0) is 49.4 Å². The standard InChI is InChI=1S/C17H15NO3/c1-9(19)10-4-6-13(7-5-10)18-16(20)14-11-2-3-12(8-11)15(14)17(18)21/h2-7,11-12,14-15H,8H2,1H3/t11-,12-,14+,15+/m0/s1. The van der Waals surface area contributed by atoms with Crippen LogP contribution in [0.25, 0.3) is 0 Å². The number of ketones is 1. The minimum Gasteiger partial charge on any atom is -0.295 e. The predicted molar refractivity (Wildman–Crippen MR) is 76.7 cm³/mol. The fraction of sp³-hybridized carbons (Fsp3) is 0.353. The number of anilines is 1. The second kappa shape index (κ2) is 4.13. The number of amides is 2. The molecule has 1 aromatic rings. The molecule has 1 aliphatic heterocycles. The molecule has 3 aliphatic rings. The van der Waals surface area contributed by atoms with Gasteiger partial charge < -0.3 is 0 Å². The summed E-state index contributed by atoms with van der Waals surface area (Å²) in [7, 11) is 0. The van der Waals surface area contributed by atoms with E-state index in [-0.39, 0.29) is 41.3 Å². The van der Waals surface area contributed by atoms with Gasteiger partial charge in [-0.1, -0.05) is 12.2 Å². The van der Waals surface area contributed by atoms with E-state index in [1.807, 2.05) is 0 Å². The molecule has 0 N–H and O–H groups in total. The van der Waals surface area contributed by atoms with Crippen LogP contribution in [0.5, 0.6) is 0 Å². The zero-order valence-corrected chi connectivity index (χ0v) is 11.7. The average Bonchev–Trinajstić information content (AvgIpc) is 3.13. The number of hydrogen-bond donors (Lipinski definition) is 0. The van der Waals surface area contributed by atoms with Crippen molar-refractivity contribution in [2.45, 2.75) is 13.3 Å². The summed E-state index contributed by atoms with van der Waals surface area (Å²) in [6.45, 7) is 1.49. The zero-order valence-electron chi connectivity index (χ0n) is 11.7. The van der Waals surface area contributed by atoms with Crippen molar-refractivity contribution in [2.24, 2.45) is 23.7 Å². The molecule has 2 amide bonds. The van der Waals surface area contributed by atoms with Gasteiger partial charge in [-0.25, -0.2) is 0 Å². The van der Waals surface area contributed by atoms with E-state index in [4.69, 9.17) is 0 Å². The van der Waals surface area contributed by atoms with Crippen LogP contribution in [0.2, 0.25) is 0 Å². The van der Waals surface area contributed by atoms with Crippen LogP contribution in [0.1, 0.15) is 23.7 Å². The highest BCUT2D eigenvalue weighted by molar-refractivity contribution is 6.22. The van der Waals surface area contributed by atoms with Gasteiger partial charge in [0.1, 0.15) is 0 Å². The first-order valence-corrected chi connectivity index (χ1v) is 7.25. The maximum atomic E-state index is 12.6. The average molecular weight is 281 g/mol. The lowest BCUT2D eigenvalue weighted by Crippen LogP contribution is -2.32. The topological polar surface area (TPSA) is 54.5 Å². The summed E-state index contributed by atoms with van der Waals surface area (Å²) in [5.74, 6) is -0.120. The third-order valence-electron chi connectivity index (χ3n) is 5.00. The van der Waals surface area contributed by atoms with Gasteiger partial charge in [-0.15, -0.1) is 0 Å². The molecule has 4 nitrogen and oxygen atoms in total. The quantitative estimate of drug-likeness (QED) is 0.474. The van der Waals surface area contributed by atoms with E-state index in [1.165, 1.54) is 11.8 Å². The minimum absolute atomic E-state index is 0.0280. The lowest BCUT2D eigenvalue weighted by atomic mass is 9.85. The highest BCUT2D eigenvalue weighted by Gasteiger charge is 2.59. The van der Waals surface area contributed by atoms with Gasteiger partial charge in [0.15, 0.2) is 5.78 Å². The van der Waals surface area contributed by atoms with Crippen molar-refractivity contribution in [1.82, 2.24) is 0 Å². The Morgan fingerprint density at radius 1 is 1.00 bits per heavy atom. The number of Topliss-reactive ketones (excluding diaryl/α,β-unsaturated/α-hetero) is 1. The monoisotopic (exact) mass is 281 g/mol. The Morgan fingerprint density at radius 2 is 1.52 bits per heavy atom. The normalized spacial score (nSPS) is 32.9. The Balaban J connectivity index is 1.69. The zero-order chi connectivity index (χ0) is 14.7. The maximum Gasteiger partial charge on any atom is 0.238 e. The third-order valence-corrected chi connectivity index (χ3v) is 5.00. The van der Waals surface area contributed by atoms with Gasteiger partial charge in [-0.3, -0.25) is 19.3 Å². The van der Waals surface area contributed by atoms with E-state index in [1.54, 1.807) is 24.3 Å². The van der Waals surface area contributed by atoms with Crippen LogP contribution < -0.4 is 4.90 Å². The second-order valence-corrected chi connectivity index (χ2v) is 6.11. The van der Waals surface area contributed by atoms with Gasteiger partial charge >= 0.3 is 0 Å². The van der Waals surface area contributed by atoms with Crippen LogP contribution >= 0.6 is 0 Å². The van der Waals surface area contributed by atoms with E-state index in [9.17, 15) is 14.4 Å². The van der Waals surface area contributed by atoms with Crippen molar-refractivity contribution >= 4 is 23.3 Å². The summed E-state index contributed by atoms with van der Waals surface area (Å²) in [5, 5.41) is 0. The van der Waals surface area contributed by atoms with Gasteiger partial charge in [0.05, 0.1) is 17.5 Å². The van der Waals surface area contributed by atoms with Crippen LogP contribution in [0, 0.1) is 23.7 Å². The third kappa shape index (κ3) is 1.59. The van der Waals surface area contributed by atoms with E-state index in [2.05, 4.69) is 12.2 Å². The molecule has 106 valence electrons. The summed E-state index contributed by atoms with van der Waals surface area (Å²) in [6, 6.07) is 6.70. The van der Waals surface area contributed by atoms with E-state index < -0.39 is 0 Å². The molecule has 2 aliphatic carbocycles. The lowest BCUT2D eigenvalue weighted by Gasteiger charge is -2.17. The van der Waals surface area contributed by atoms with Crippen LogP contribution in [0.15, 0.2) is 36.4 Å². The van der Waals surface area contributed by atoms with Gasteiger partial charge in [0.25, 0.3) is 0 Å². The summed E-state index contributed by atoms with van der Waals surface area (Å²) in [4.78, 5) is 37.8. The molecule has 2 bridgehead atoms. The molecule has 0 unspecified atom stereocenters. The highest BCUT2D eigenvalue weighted by Crippen LogP contribution is 2.53. The fourth-order valence-electron chi connectivity index (χ4n) is 4.00. The van der Waals surface area contributed by atoms with Crippen molar-refractivity contribution in [3.63, 3.8) is 0 Å². The first-order valence-electron chi connectivity index (χ1n) is 7.25. The van der Waals surface area contributed by atoms with Crippen LogP contribution in [-0.2, 0) is 9.59 Å². The Hall–Kier alpha value is -2.23. The molecular weight excluding hydrogens is 266 g/mol. The molecule has 1 aromatic carbocycles. The van der Waals surface area contributed by atoms with Crippen LogP contribution in [0.4, 0.5) is 5.69 Å². The Bertz CT molecular complexity index is 658. The molecule has 1 saturated carbocycles. The molecular formula is C17H15NO3. The largest absolute Gasteiger partial charge is 0.295 e. The van der Waals surface area contributed by atoms with Crippen LogP contribution in [0.3, 0.4) is 0 Å². The smallest absolute Gasteiger partial charge is 0.238 e. The van der Waals surface area contributed by atoms with Gasteiger partial charge in [0.2, 0.25) is 11.8 Å². The van der Waals surface area contributed by atoms with E-state index >= 15 is 0 Å². The maximum absolute atomic E-state index is 12.6. The number of rotatable bonds is 2. The molecule has 0 spiro atoms. The Labute approximate surface area is 122 Å². The number of carbonyl (C=O) groups excluding carboxylic acids is 3. The molecule has 4 atom stereocenters. The number of fused-ring (bicyclic) bond motifs is 5. The number of allylic oxidation sites excluding steroid dienone is 2. The minimum atomic E-state index is -0.181. The Morgan fingerprint density at radius 3 is 2.00 bits per heavy atom. The summed E-state index contributed by atoms with van der Waals surface area (Å²) in [5.41, 5.74) is 1.16. The Kier molecular flexibility index (Phi) is 2.46. The van der Waals surface area contributed by atoms with Gasteiger partial charge in [-0.2, -0.15) is 0 Å². The van der Waals surface area contributed by atoms with Crippen molar-refractivity contribution in [3.8, 4) is 0 Å². The number of imide groups is 1. The molecule has 1 saturated heterocycles. The van der Waals surface area contributed by atoms with Crippen molar-refractivity contribution < 1.29 is 14.4 Å². The summed E-state index contributed by atoms with van der Waals surface area (Å²) in [6.07, 6.45) is 5.10. The molecule has 2 fully saturated rings.